The fourth-order valence-corrected chi connectivity index (χ4v) is 4.13. The molecule has 0 atom stereocenters. The van der Waals surface area contributed by atoms with E-state index in [1.165, 1.54) is 18.4 Å². The molecular weight excluding hydrogens is 326 g/mol. The van der Waals surface area contributed by atoms with E-state index in [9.17, 15) is 9.59 Å². The molecule has 1 N–H and O–H groups in total. The van der Waals surface area contributed by atoms with Crippen LogP contribution in [0, 0.1) is 0 Å². The molecule has 0 unspecified atom stereocenters. The molecule has 1 aliphatic rings. The van der Waals surface area contributed by atoms with E-state index >= 15 is 0 Å². The van der Waals surface area contributed by atoms with Gasteiger partial charge < -0.3 is 14.8 Å². The SMILES string of the molecule is CCOc1ccc(C(=O)Nc2sc3c(c2C(=O)OC)CCC3)cc1. The third-order valence-corrected chi connectivity index (χ3v) is 5.17. The number of methoxy groups -OCH3 is 1. The summed E-state index contributed by atoms with van der Waals surface area (Å²) < 4.78 is 10.3. The third kappa shape index (κ3) is 3.14. The molecule has 1 aliphatic carbocycles. The number of esters is 1. The Morgan fingerprint density at radius 2 is 1.96 bits per heavy atom. The molecule has 24 heavy (non-hydrogen) atoms. The minimum atomic E-state index is -0.392. The number of hydrogen-bond acceptors (Lipinski definition) is 5. The summed E-state index contributed by atoms with van der Waals surface area (Å²) in [4.78, 5) is 25.7. The normalized spacial score (nSPS) is 12.6. The fourth-order valence-electron chi connectivity index (χ4n) is 2.85. The number of aryl methyl sites for hydroxylation is 1. The third-order valence-electron chi connectivity index (χ3n) is 3.97. The van der Waals surface area contributed by atoms with Crippen LogP contribution < -0.4 is 10.1 Å². The number of amides is 1. The molecule has 1 aromatic heterocycles. The van der Waals surface area contributed by atoms with Crippen molar-refractivity contribution in [1.29, 1.82) is 0 Å². The molecule has 0 radical (unpaired) electrons. The number of benzene rings is 1. The van der Waals surface area contributed by atoms with Crippen LogP contribution in [0.1, 0.15) is 44.5 Å². The molecule has 1 aromatic carbocycles. The maximum Gasteiger partial charge on any atom is 0.341 e. The quantitative estimate of drug-likeness (QED) is 0.840. The minimum absolute atomic E-state index is 0.247. The number of fused-ring (bicyclic) bond motifs is 1. The highest BCUT2D eigenvalue weighted by Gasteiger charge is 2.28. The average Bonchev–Trinajstić information content (AvgIpc) is 3.15. The second-order valence-corrected chi connectivity index (χ2v) is 6.57. The molecule has 3 rings (SSSR count). The molecule has 0 spiro atoms. The Labute approximate surface area is 144 Å². The van der Waals surface area contributed by atoms with Crippen LogP contribution in [0.2, 0.25) is 0 Å². The molecule has 0 bridgehead atoms. The largest absolute Gasteiger partial charge is 0.494 e. The van der Waals surface area contributed by atoms with E-state index in [2.05, 4.69) is 5.32 Å². The van der Waals surface area contributed by atoms with E-state index in [-0.39, 0.29) is 5.91 Å². The monoisotopic (exact) mass is 345 g/mol. The van der Waals surface area contributed by atoms with Crippen LogP contribution in [0.4, 0.5) is 5.00 Å². The standard InChI is InChI=1S/C18H19NO4S/c1-3-23-12-9-7-11(8-10-12)16(20)19-17-15(18(21)22-2)13-5-4-6-14(13)24-17/h7-10H,3-6H2,1-2H3,(H,19,20). The Morgan fingerprint density at radius 3 is 2.62 bits per heavy atom. The van der Waals surface area contributed by atoms with Gasteiger partial charge in [0.05, 0.1) is 19.3 Å². The molecule has 2 aromatic rings. The van der Waals surface area contributed by atoms with E-state index in [1.807, 2.05) is 6.92 Å². The maximum absolute atomic E-state index is 12.5. The smallest absolute Gasteiger partial charge is 0.341 e. The highest BCUT2D eigenvalue weighted by Crippen LogP contribution is 2.39. The number of anilines is 1. The topological polar surface area (TPSA) is 64.6 Å². The van der Waals surface area contributed by atoms with E-state index < -0.39 is 5.97 Å². The van der Waals surface area contributed by atoms with E-state index in [0.29, 0.717) is 22.7 Å². The van der Waals surface area contributed by atoms with E-state index in [0.717, 1.165) is 35.5 Å². The highest BCUT2D eigenvalue weighted by molar-refractivity contribution is 7.17. The van der Waals surface area contributed by atoms with Gasteiger partial charge in [0, 0.05) is 10.4 Å². The van der Waals surface area contributed by atoms with E-state index in [1.54, 1.807) is 24.3 Å². The van der Waals surface area contributed by atoms with Gasteiger partial charge >= 0.3 is 5.97 Å². The van der Waals surface area contributed by atoms with Gasteiger partial charge in [-0.2, -0.15) is 0 Å². The Morgan fingerprint density at radius 1 is 1.21 bits per heavy atom. The zero-order valence-corrected chi connectivity index (χ0v) is 14.5. The van der Waals surface area contributed by atoms with Crippen LogP contribution in [0.5, 0.6) is 5.75 Å². The van der Waals surface area contributed by atoms with Crippen LogP contribution in [-0.2, 0) is 17.6 Å². The number of carbonyl (C=O) groups excluding carboxylic acids is 2. The average molecular weight is 345 g/mol. The summed E-state index contributed by atoms with van der Waals surface area (Å²) in [6, 6.07) is 6.93. The van der Waals surface area contributed by atoms with E-state index in [4.69, 9.17) is 9.47 Å². The number of thiophene rings is 1. The van der Waals surface area contributed by atoms with Crippen molar-refractivity contribution in [3.05, 3.63) is 45.8 Å². The lowest BCUT2D eigenvalue weighted by Gasteiger charge is -2.08. The summed E-state index contributed by atoms with van der Waals surface area (Å²) in [5, 5.41) is 3.44. The molecular formula is C18H19NO4S. The summed E-state index contributed by atoms with van der Waals surface area (Å²) in [6.45, 7) is 2.49. The lowest BCUT2D eigenvalue weighted by atomic mass is 10.1. The van der Waals surface area contributed by atoms with Gasteiger partial charge in [0.15, 0.2) is 0 Å². The second kappa shape index (κ2) is 7.05. The van der Waals surface area contributed by atoms with Crippen molar-refractivity contribution in [2.75, 3.05) is 19.0 Å². The maximum atomic E-state index is 12.5. The molecule has 0 saturated carbocycles. The van der Waals surface area contributed by atoms with Crippen molar-refractivity contribution in [2.45, 2.75) is 26.2 Å². The molecule has 1 amide bonds. The summed E-state index contributed by atoms with van der Waals surface area (Å²) in [5.74, 6) is 0.0823. The van der Waals surface area contributed by atoms with Crippen LogP contribution in [0.25, 0.3) is 0 Å². The van der Waals surface area contributed by atoms with Crippen LogP contribution in [0.15, 0.2) is 24.3 Å². The van der Waals surface area contributed by atoms with Crippen molar-refractivity contribution in [1.82, 2.24) is 0 Å². The first-order valence-electron chi connectivity index (χ1n) is 7.91. The summed E-state index contributed by atoms with van der Waals surface area (Å²) in [7, 11) is 1.36. The minimum Gasteiger partial charge on any atom is -0.494 e. The highest BCUT2D eigenvalue weighted by atomic mass is 32.1. The Kier molecular flexibility index (Phi) is 4.85. The summed E-state index contributed by atoms with van der Waals surface area (Å²) in [5.41, 5.74) is 2.05. The van der Waals surface area contributed by atoms with Crippen molar-refractivity contribution in [3.63, 3.8) is 0 Å². The van der Waals surface area contributed by atoms with Gasteiger partial charge in [0.2, 0.25) is 0 Å². The van der Waals surface area contributed by atoms with Crippen LogP contribution in [-0.4, -0.2) is 25.6 Å². The molecule has 0 fully saturated rings. The first kappa shape index (κ1) is 16.5. The first-order chi connectivity index (χ1) is 11.6. The van der Waals surface area contributed by atoms with Crippen molar-refractivity contribution in [3.8, 4) is 5.75 Å². The molecule has 0 saturated heterocycles. The predicted molar refractivity (Wildman–Crippen MR) is 93.2 cm³/mol. The molecule has 6 heteroatoms. The van der Waals surface area contributed by atoms with Gasteiger partial charge in [-0.3, -0.25) is 4.79 Å². The number of nitrogens with one attached hydrogen (secondary N) is 1. The lowest BCUT2D eigenvalue weighted by Crippen LogP contribution is -2.14. The zero-order chi connectivity index (χ0) is 17.1. The Hall–Kier alpha value is -2.34. The number of hydrogen-bond donors (Lipinski definition) is 1. The number of ether oxygens (including phenoxy) is 2. The van der Waals surface area contributed by atoms with Crippen molar-refractivity contribution >= 4 is 28.2 Å². The number of rotatable bonds is 5. The lowest BCUT2D eigenvalue weighted by molar-refractivity contribution is 0.0601. The van der Waals surface area contributed by atoms with Crippen LogP contribution in [0.3, 0.4) is 0 Å². The van der Waals surface area contributed by atoms with Gasteiger partial charge in [-0.05, 0) is 56.0 Å². The molecule has 0 aliphatic heterocycles. The second-order valence-electron chi connectivity index (χ2n) is 5.46. The van der Waals surface area contributed by atoms with Crippen molar-refractivity contribution < 1.29 is 19.1 Å². The Bertz CT molecular complexity index is 764. The molecule has 126 valence electrons. The summed E-state index contributed by atoms with van der Waals surface area (Å²) in [6.07, 6.45) is 2.84. The predicted octanol–water partition coefficient (Wildman–Crippen LogP) is 3.67. The number of carbonyl (C=O) groups is 2. The molecule has 5 nitrogen and oxygen atoms in total. The van der Waals surface area contributed by atoms with Gasteiger partial charge in [0.25, 0.3) is 5.91 Å². The molecule has 1 heterocycles. The summed E-state index contributed by atoms with van der Waals surface area (Å²) >= 11 is 1.47. The Balaban J connectivity index is 1.83. The van der Waals surface area contributed by atoms with Gasteiger partial charge in [-0.1, -0.05) is 0 Å². The van der Waals surface area contributed by atoms with Gasteiger partial charge in [0.1, 0.15) is 10.8 Å². The fraction of sp³-hybridized carbons (Fsp3) is 0.333. The van der Waals surface area contributed by atoms with Gasteiger partial charge in [-0.25, -0.2) is 4.79 Å². The first-order valence-corrected chi connectivity index (χ1v) is 8.72. The van der Waals surface area contributed by atoms with Crippen molar-refractivity contribution in [2.24, 2.45) is 0 Å². The van der Waals surface area contributed by atoms with Crippen LogP contribution >= 0.6 is 11.3 Å². The van der Waals surface area contributed by atoms with Gasteiger partial charge in [-0.15, -0.1) is 11.3 Å². The zero-order valence-electron chi connectivity index (χ0n) is 13.7.